The zero-order chi connectivity index (χ0) is 23.4. The maximum atomic E-state index is 14.5. The second-order valence-electron chi connectivity index (χ2n) is 7.54. The number of amides is 1. The first kappa shape index (κ1) is 24.4. The van der Waals surface area contributed by atoms with Crippen LogP contribution in [0.15, 0.2) is 6.07 Å². The summed E-state index contributed by atoms with van der Waals surface area (Å²) in [7, 11) is 1.56. The number of carbonyl (C=O) groups is 1. The van der Waals surface area contributed by atoms with Crippen molar-refractivity contribution in [3.8, 4) is 11.8 Å². The van der Waals surface area contributed by atoms with Crippen LogP contribution in [0.5, 0.6) is 11.8 Å². The molecule has 2 heterocycles. The molecule has 1 fully saturated rings. The molecule has 0 spiro atoms. The first-order valence-electron chi connectivity index (χ1n) is 10.1. The van der Waals surface area contributed by atoms with Gasteiger partial charge in [-0.1, -0.05) is 11.6 Å². The second kappa shape index (κ2) is 10.6. The fraction of sp³-hybridized carbons (Fsp3) is 0.600. The van der Waals surface area contributed by atoms with Gasteiger partial charge in [0.15, 0.2) is 12.1 Å². The maximum absolute atomic E-state index is 14.5. The second-order valence-corrected chi connectivity index (χ2v) is 7.92. The summed E-state index contributed by atoms with van der Waals surface area (Å²) in [6.45, 7) is 2.90. The van der Waals surface area contributed by atoms with Gasteiger partial charge < -0.3 is 24.3 Å². The minimum atomic E-state index is -2.72. The molecule has 12 heteroatoms. The van der Waals surface area contributed by atoms with E-state index >= 15 is 0 Å². The van der Waals surface area contributed by atoms with E-state index in [1.165, 1.54) is 11.5 Å². The number of rotatable bonds is 9. The molecule has 32 heavy (non-hydrogen) atoms. The van der Waals surface area contributed by atoms with Crippen LogP contribution in [-0.4, -0.2) is 60.1 Å². The molecule has 2 aromatic rings. The third-order valence-corrected chi connectivity index (χ3v) is 5.19. The van der Waals surface area contributed by atoms with E-state index in [2.05, 4.69) is 10.3 Å². The minimum Gasteiger partial charge on any atom is -0.486 e. The van der Waals surface area contributed by atoms with Gasteiger partial charge in [0.1, 0.15) is 29.0 Å². The number of imidazole rings is 1. The Hall–Kier alpha value is -2.24. The number of benzene rings is 1. The van der Waals surface area contributed by atoms with Crippen LogP contribution in [0.3, 0.4) is 0 Å². The third-order valence-electron chi connectivity index (χ3n) is 4.82. The largest absolute Gasteiger partial charge is 0.486 e. The molecule has 1 aliphatic rings. The highest BCUT2D eigenvalue weighted by Gasteiger charge is 2.27. The normalized spacial score (nSPS) is 19.9. The molecule has 0 radical (unpaired) electrons. The summed E-state index contributed by atoms with van der Waals surface area (Å²) in [5, 5.41) is 2.75. The molecule has 8 nitrogen and oxygen atoms in total. The van der Waals surface area contributed by atoms with Crippen LogP contribution in [0, 0.1) is 5.82 Å². The molecule has 0 saturated carbocycles. The van der Waals surface area contributed by atoms with Crippen molar-refractivity contribution in [1.29, 1.82) is 0 Å². The number of aryl methyl sites for hydroxylation is 1. The highest BCUT2D eigenvalue weighted by atomic mass is 35.5. The summed E-state index contributed by atoms with van der Waals surface area (Å²) in [4.78, 5) is 15.2. The SMILES string of the molecule is CC(=O)N[C@@H](C)CCC1OCC(Oc2nc3c(F)cc(OCC(F)F)c(Cl)c3n2C)CO1. The molecule has 1 amide bonds. The number of hydrogen-bond acceptors (Lipinski definition) is 6. The predicted molar refractivity (Wildman–Crippen MR) is 110 cm³/mol. The third kappa shape index (κ3) is 5.96. The summed E-state index contributed by atoms with van der Waals surface area (Å²) in [6, 6.07) is 0.994. The number of fused-ring (bicyclic) bond motifs is 1. The standard InChI is InChI=1S/C20H25ClF3N3O5/c1-10(25-11(2)28)4-5-16-30-7-12(8-31-16)32-20-26-18-13(22)6-14(29-9-15(23)24)17(21)19(18)27(20)3/h6,10,12,15-16H,4-5,7-9H2,1-3H3,(H,25,28)/t10-,12?,16?/m0/s1. The molecule has 1 saturated heterocycles. The Morgan fingerprint density at radius 3 is 2.72 bits per heavy atom. The zero-order valence-electron chi connectivity index (χ0n) is 17.9. The lowest BCUT2D eigenvalue weighted by Crippen LogP contribution is -2.40. The minimum absolute atomic E-state index is 0.00267. The Morgan fingerprint density at radius 2 is 2.09 bits per heavy atom. The average molecular weight is 480 g/mol. The number of aromatic nitrogens is 2. The van der Waals surface area contributed by atoms with Gasteiger partial charge in [0.05, 0.1) is 18.7 Å². The van der Waals surface area contributed by atoms with Crippen LogP contribution in [-0.2, 0) is 21.3 Å². The van der Waals surface area contributed by atoms with Gasteiger partial charge in [0.2, 0.25) is 5.91 Å². The Labute approximate surface area is 187 Å². The Morgan fingerprint density at radius 1 is 1.41 bits per heavy atom. The molecule has 0 aliphatic carbocycles. The molecule has 1 aromatic carbocycles. The summed E-state index contributed by atoms with van der Waals surface area (Å²) in [5.41, 5.74) is 0.0905. The Kier molecular flexibility index (Phi) is 8.07. The molecule has 1 N–H and O–H groups in total. The van der Waals surface area contributed by atoms with Gasteiger partial charge in [-0.05, 0) is 13.3 Å². The summed E-state index contributed by atoms with van der Waals surface area (Å²) >= 11 is 6.24. The Bertz CT molecular complexity index is 950. The number of alkyl halides is 2. The molecule has 1 aliphatic heterocycles. The van der Waals surface area contributed by atoms with E-state index in [1.807, 2.05) is 6.92 Å². The lowest BCUT2D eigenvalue weighted by Gasteiger charge is -2.30. The first-order chi connectivity index (χ1) is 15.2. The highest BCUT2D eigenvalue weighted by molar-refractivity contribution is 6.36. The number of halogens is 4. The van der Waals surface area contributed by atoms with E-state index < -0.39 is 31.2 Å². The van der Waals surface area contributed by atoms with Crippen molar-refractivity contribution in [2.45, 2.75) is 51.6 Å². The van der Waals surface area contributed by atoms with E-state index in [0.29, 0.717) is 12.8 Å². The molecular weight excluding hydrogens is 455 g/mol. The number of nitrogens with zero attached hydrogens (tertiary/aromatic N) is 2. The van der Waals surface area contributed by atoms with Crippen molar-refractivity contribution >= 4 is 28.5 Å². The van der Waals surface area contributed by atoms with Crippen LogP contribution >= 0.6 is 11.6 Å². The smallest absolute Gasteiger partial charge is 0.297 e. The molecule has 3 rings (SSSR count). The molecule has 178 valence electrons. The van der Waals surface area contributed by atoms with Gasteiger partial charge in [-0.15, -0.1) is 0 Å². The summed E-state index contributed by atoms with van der Waals surface area (Å²) in [5.74, 6) is -1.07. The lowest BCUT2D eigenvalue weighted by molar-refractivity contribution is -0.215. The number of ether oxygens (including phenoxy) is 4. The van der Waals surface area contributed by atoms with E-state index in [-0.39, 0.29) is 53.0 Å². The highest BCUT2D eigenvalue weighted by Crippen LogP contribution is 2.37. The Balaban J connectivity index is 1.62. The van der Waals surface area contributed by atoms with Crippen LogP contribution in [0.25, 0.3) is 11.0 Å². The zero-order valence-corrected chi connectivity index (χ0v) is 18.6. The summed E-state index contributed by atoms with van der Waals surface area (Å²) in [6.07, 6.45) is -2.35. The molecule has 0 bridgehead atoms. The molecule has 1 aromatic heterocycles. The van der Waals surface area contributed by atoms with Gasteiger partial charge >= 0.3 is 0 Å². The van der Waals surface area contributed by atoms with Crippen LogP contribution in [0.2, 0.25) is 5.02 Å². The first-order valence-corrected chi connectivity index (χ1v) is 10.5. The number of hydrogen-bond donors (Lipinski definition) is 1. The van der Waals surface area contributed by atoms with Gasteiger partial charge in [-0.3, -0.25) is 9.36 Å². The maximum Gasteiger partial charge on any atom is 0.297 e. The van der Waals surface area contributed by atoms with Crippen LogP contribution < -0.4 is 14.8 Å². The topological polar surface area (TPSA) is 83.8 Å². The average Bonchev–Trinajstić information content (AvgIpc) is 3.05. The van der Waals surface area contributed by atoms with Gasteiger partial charge in [0.25, 0.3) is 12.4 Å². The molecular formula is C20H25ClF3N3O5. The van der Waals surface area contributed by atoms with Crippen molar-refractivity contribution in [3.05, 3.63) is 16.9 Å². The van der Waals surface area contributed by atoms with Gasteiger partial charge in [-0.25, -0.2) is 13.2 Å². The van der Waals surface area contributed by atoms with Crippen molar-refractivity contribution in [2.24, 2.45) is 7.05 Å². The van der Waals surface area contributed by atoms with Crippen LogP contribution in [0.1, 0.15) is 26.7 Å². The van der Waals surface area contributed by atoms with E-state index in [0.717, 1.165) is 6.07 Å². The van der Waals surface area contributed by atoms with Crippen LogP contribution in [0.4, 0.5) is 13.2 Å². The van der Waals surface area contributed by atoms with E-state index in [4.69, 9.17) is 30.5 Å². The summed E-state index contributed by atoms with van der Waals surface area (Å²) < 4.78 is 62.8. The lowest BCUT2D eigenvalue weighted by atomic mass is 10.1. The molecule has 1 atom stereocenters. The quantitative estimate of drug-likeness (QED) is 0.593. The predicted octanol–water partition coefficient (Wildman–Crippen LogP) is 3.43. The molecule has 0 unspecified atom stereocenters. The fourth-order valence-electron chi connectivity index (χ4n) is 3.34. The number of carbonyl (C=O) groups excluding carboxylic acids is 1. The van der Waals surface area contributed by atoms with Crippen molar-refractivity contribution in [1.82, 2.24) is 14.9 Å². The van der Waals surface area contributed by atoms with Gasteiger partial charge in [0, 0.05) is 32.5 Å². The van der Waals surface area contributed by atoms with E-state index in [9.17, 15) is 18.0 Å². The fourth-order valence-corrected chi connectivity index (χ4v) is 3.66. The van der Waals surface area contributed by atoms with Crippen molar-refractivity contribution in [2.75, 3.05) is 19.8 Å². The van der Waals surface area contributed by atoms with Gasteiger partial charge in [-0.2, -0.15) is 4.98 Å². The van der Waals surface area contributed by atoms with Crippen molar-refractivity contribution in [3.63, 3.8) is 0 Å². The van der Waals surface area contributed by atoms with Crippen molar-refractivity contribution < 1.29 is 36.9 Å². The number of nitrogens with one attached hydrogen (secondary N) is 1. The van der Waals surface area contributed by atoms with E-state index in [1.54, 1.807) is 7.05 Å². The monoisotopic (exact) mass is 479 g/mol.